The van der Waals surface area contributed by atoms with Crippen LogP contribution < -0.4 is 5.32 Å². The fourth-order valence-corrected chi connectivity index (χ4v) is 3.60. The van der Waals surface area contributed by atoms with E-state index in [1.165, 1.54) is 0 Å². The van der Waals surface area contributed by atoms with Gasteiger partial charge in [-0.05, 0) is 43.2 Å². The summed E-state index contributed by atoms with van der Waals surface area (Å²) in [6, 6.07) is 14.2. The molecule has 0 spiro atoms. The van der Waals surface area contributed by atoms with Crippen molar-refractivity contribution in [2.75, 3.05) is 5.32 Å². The number of carbonyl (C=O) groups is 2. The Bertz CT molecular complexity index is 1510. The third-order valence-corrected chi connectivity index (χ3v) is 5.72. The van der Waals surface area contributed by atoms with Crippen LogP contribution in [0.3, 0.4) is 0 Å². The molecule has 35 heavy (non-hydrogen) atoms. The Labute approximate surface area is 198 Å². The number of anilines is 1. The second-order valence-electron chi connectivity index (χ2n) is 8.03. The van der Waals surface area contributed by atoms with Crippen LogP contribution in [-0.4, -0.2) is 22.3 Å². The highest BCUT2D eigenvalue weighted by Crippen LogP contribution is 2.50. The van der Waals surface area contributed by atoms with E-state index in [4.69, 9.17) is 18.1 Å². The summed E-state index contributed by atoms with van der Waals surface area (Å²) in [5.41, 5.74) is -0.202. The molecule has 1 saturated carbocycles. The molecule has 1 aliphatic rings. The Morgan fingerprint density at radius 1 is 1.20 bits per heavy atom. The van der Waals surface area contributed by atoms with E-state index in [0.29, 0.717) is 24.0 Å². The highest BCUT2D eigenvalue weighted by molar-refractivity contribution is 5.88. The third kappa shape index (κ3) is 4.09. The second-order valence-corrected chi connectivity index (χ2v) is 8.03. The van der Waals surface area contributed by atoms with Gasteiger partial charge in [0.25, 0.3) is 11.5 Å². The molecule has 4 aromatic rings. The fraction of sp³-hybridized carbons (Fsp3) is 0.200. The summed E-state index contributed by atoms with van der Waals surface area (Å²) in [4.78, 5) is 23.9. The highest BCUT2D eigenvalue weighted by atomic mass is 16.6. The van der Waals surface area contributed by atoms with E-state index < -0.39 is 23.6 Å². The number of fused-ring (bicyclic) bond motifs is 1. The van der Waals surface area contributed by atoms with Crippen molar-refractivity contribution in [3.8, 4) is 17.9 Å². The summed E-state index contributed by atoms with van der Waals surface area (Å²) in [6.07, 6.45) is -0.308. The first-order valence-electron chi connectivity index (χ1n) is 10.6. The Balaban J connectivity index is 1.33. The molecule has 2 N–H and O–H groups in total. The van der Waals surface area contributed by atoms with Crippen LogP contribution >= 0.6 is 0 Å². The molecule has 1 aromatic carbocycles. The zero-order chi connectivity index (χ0) is 24.6. The van der Waals surface area contributed by atoms with Crippen molar-refractivity contribution in [1.29, 1.82) is 5.26 Å². The van der Waals surface area contributed by atoms with E-state index in [1.807, 2.05) is 30.3 Å². The van der Waals surface area contributed by atoms with Gasteiger partial charge in [0.15, 0.2) is 11.5 Å². The summed E-state index contributed by atoms with van der Waals surface area (Å²) in [7, 11) is 0. The van der Waals surface area contributed by atoms with Crippen molar-refractivity contribution in [3.05, 3.63) is 71.0 Å². The standard InChI is InChI=1S/C25H17N3O7/c1-14(15-5-3-2-4-6-15)32-24(31)27-21-18(28-35-19(21)13-26)8-7-17-11-16-12-20(34-22(16)33-17)25(9-10-25)23(29)30/h2-6,11-12,14H,9-10H2,1H3,(H,27,31)(H,29,30). The molecule has 10 nitrogen and oxygen atoms in total. The van der Waals surface area contributed by atoms with Gasteiger partial charge in [-0.15, -0.1) is 0 Å². The first kappa shape index (κ1) is 21.9. The molecule has 174 valence electrons. The van der Waals surface area contributed by atoms with Gasteiger partial charge in [-0.3, -0.25) is 10.1 Å². The molecule has 0 radical (unpaired) electrons. The maximum atomic E-state index is 12.4. The lowest BCUT2D eigenvalue weighted by Crippen LogP contribution is -2.18. The van der Waals surface area contributed by atoms with Crippen molar-refractivity contribution in [1.82, 2.24) is 5.16 Å². The van der Waals surface area contributed by atoms with Crippen molar-refractivity contribution in [2.45, 2.75) is 31.3 Å². The quantitative estimate of drug-likeness (QED) is 0.394. The predicted molar refractivity (Wildman–Crippen MR) is 119 cm³/mol. The molecule has 3 aromatic heterocycles. The molecular weight excluding hydrogens is 454 g/mol. The van der Waals surface area contributed by atoms with Gasteiger partial charge >= 0.3 is 12.1 Å². The summed E-state index contributed by atoms with van der Waals surface area (Å²) < 4.78 is 21.5. The lowest BCUT2D eigenvalue weighted by molar-refractivity contribution is -0.140. The van der Waals surface area contributed by atoms with E-state index in [0.717, 1.165) is 5.56 Å². The summed E-state index contributed by atoms with van der Waals surface area (Å²) in [5, 5.41) is 25.5. The molecule has 0 aliphatic heterocycles. The maximum Gasteiger partial charge on any atom is 0.412 e. The number of hydrogen-bond donors (Lipinski definition) is 2. The average molecular weight is 471 g/mol. The van der Waals surface area contributed by atoms with Crippen LogP contribution in [0.2, 0.25) is 0 Å². The van der Waals surface area contributed by atoms with E-state index in [9.17, 15) is 20.0 Å². The molecular formula is C25H17N3O7. The van der Waals surface area contributed by atoms with Crippen LogP contribution in [0.1, 0.15) is 54.4 Å². The smallest absolute Gasteiger partial charge is 0.412 e. The van der Waals surface area contributed by atoms with Gasteiger partial charge in [0, 0.05) is 6.07 Å². The second kappa shape index (κ2) is 8.43. The number of furan rings is 2. The average Bonchev–Trinajstić information content (AvgIpc) is 3.24. The van der Waals surface area contributed by atoms with Crippen LogP contribution in [0.4, 0.5) is 10.5 Å². The van der Waals surface area contributed by atoms with Gasteiger partial charge < -0.3 is 23.2 Å². The number of nitrogens with one attached hydrogen (secondary N) is 1. The number of rotatable bonds is 5. The van der Waals surface area contributed by atoms with Gasteiger partial charge in [-0.2, -0.15) is 5.26 Å². The Morgan fingerprint density at radius 2 is 1.97 bits per heavy atom. The highest BCUT2D eigenvalue weighted by Gasteiger charge is 2.54. The van der Waals surface area contributed by atoms with Crippen LogP contribution in [-0.2, 0) is 14.9 Å². The van der Waals surface area contributed by atoms with Gasteiger partial charge in [-0.25, -0.2) is 4.79 Å². The molecule has 5 rings (SSSR count). The number of aromatic nitrogens is 1. The summed E-state index contributed by atoms with van der Waals surface area (Å²) >= 11 is 0. The first-order valence-corrected chi connectivity index (χ1v) is 10.6. The minimum absolute atomic E-state index is 0.00221. The van der Waals surface area contributed by atoms with Gasteiger partial charge in [0.05, 0.1) is 5.39 Å². The summed E-state index contributed by atoms with van der Waals surface area (Å²) in [5.74, 6) is 5.00. The normalized spacial score (nSPS) is 14.4. The Hall–Kier alpha value is -4.96. The van der Waals surface area contributed by atoms with Crippen LogP contribution in [0, 0.1) is 23.2 Å². The lowest BCUT2D eigenvalue weighted by Gasteiger charge is -2.13. The van der Waals surface area contributed by atoms with E-state index >= 15 is 0 Å². The minimum Gasteiger partial charge on any atom is -0.480 e. The molecule has 3 heterocycles. The third-order valence-electron chi connectivity index (χ3n) is 5.72. The Kier molecular flexibility index (Phi) is 5.27. The number of carbonyl (C=O) groups excluding carboxylic acids is 1. The molecule has 1 fully saturated rings. The molecule has 0 bridgehead atoms. The monoisotopic (exact) mass is 471 g/mol. The van der Waals surface area contributed by atoms with Crippen LogP contribution in [0.25, 0.3) is 11.2 Å². The minimum atomic E-state index is -0.977. The number of aliphatic carboxylic acids is 1. The number of carboxylic acids is 1. The van der Waals surface area contributed by atoms with Gasteiger partial charge in [0.2, 0.25) is 0 Å². The molecule has 0 saturated heterocycles. The fourth-order valence-electron chi connectivity index (χ4n) is 3.60. The van der Waals surface area contributed by atoms with Crippen molar-refractivity contribution in [3.63, 3.8) is 0 Å². The topological polar surface area (TPSA) is 152 Å². The van der Waals surface area contributed by atoms with E-state index in [2.05, 4.69) is 22.3 Å². The molecule has 1 amide bonds. The Morgan fingerprint density at radius 3 is 2.63 bits per heavy atom. The SMILES string of the molecule is CC(OC(=O)Nc1c(C#Cc2cc3cc(C4(C(=O)O)CC4)oc3o2)noc1C#N)c1ccccc1. The number of ether oxygens (including phenoxy) is 1. The zero-order valence-corrected chi connectivity index (χ0v) is 18.3. The molecule has 1 aliphatic carbocycles. The van der Waals surface area contributed by atoms with Crippen molar-refractivity contribution in [2.24, 2.45) is 0 Å². The molecule has 1 unspecified atom stereocenters. The molecule has 10 heteroatoms. The van der Waals surface area contributed by atoms with E-state index in [1.54, 1.807) is 25.1 Å². The summed E-state index contributed by atoms with van der Waals surface area (Å²) in [6.45, 7) is 1.72. The maximum absolute atomic E-state index is 12.4. The van der Waals surface area contributed by atoms with Crippen molar-refractivity contribution >= 4 is 28.9 Å². The predicted octanol–water partition coefficient (Wildman–Crippen LogP) is 4.71. The zero-order valence-electron chi connectivity index (χ0n) is 18.3. The van der Waals surface area contributed by atoms with Gasteiger partial charge in [0.1, 0.15) is 29.0 Å². The van der Waals surface area contributed by atoms with Crippen LogP contribution in [0.15, 0.2) is 55.8 Å². The molecule has 1 atom stereocenters. The van der Waals surface area contributed by atoms with Crippen LogP contribution in [0.5, 0.6) is 0 Å². The number of nitrogens with zero attached hydrogens (tertiary/aromatic N) is 2. The lowest BCUT2D eigenvalue weighted by atomic mass is 10.0. The number of carboxylic acid groups (broad SMARTS) is 1. The largest absolute Gasteiger partial charge is 0.480 e. The van der Waals surface area contributed by atoms with E-state index in [-0.39, 0.29) is 28.7 Å². The first-order chi connectivity index (χ1) is 16.9. The number of hydrogen-bond acceptors (Lipinski definition) is 8. The number of amides is 1. The number of nitriles is 1. The number of benzene rings is 1. The van der Waals surface area contributed by atoms with Crippen molar-refractivity contribution < 1.29 is 32.8 Å². The van der Waals surface area contributed by atoms with Gasteiger partial charge in [-0.1, -0.05) is 35.5 Å².